The fourth-order valence-electron chi connectivity index (χ4n) is 7.66. The highest BCUT2D eigenvalue weighted by Crippen LogP contribution is 2.90. The van der Waals surface area contributed by atoms with Crippen LogP contribution in [0, 0.1) is 57.5 Å². The fraction of sp³-hybridized carbons (Fsp3) is 1.00. The lowest BCUT2D eigenvalue weighted by molar-refractivity contribution is -0.503. The van der Waals surface area contributed by atoms with E-state index in [4.69, 9.17) is 4.74 Å². The average Bonchev–Trinajstić information content (AvgIpc) is 2.73. The maximum atomic E-state index is 10.9. The van der Waals surface area contributed by atoms with Gasteiger partial charge in [-0.2, -0.15) is 0 Å². The van der Waals surface area contributed by atoms with Gasteiger partial charge in [0, 0.05) is 16.8 Å². The summed E-state index contributed by atoms with van der Waals surface area (Å²) in [7, 11) is 0. The van der Waals surface area contributed by atoms with Crippen LogP contribution in [0.2, 0.25) is 0 Å². The lowest BCUT2D eigenvalue weighted by Gasteiger charge is -2.44. The Labute approximate surface area is 92.5 Å². The molecule has 4 heteroatoms. The quantitative estimate of drug-likeness (QED) is 0.509. The van der Waals surface area contributed by atoms with Gasteiger partial charge >= 0.3 is 0 Å². The van der Waals surface area contributed by atoms with Gasteiger partial charge in [-0.1, -0.05) is 0 Å². The predicted octanol–water partition coefficient (Wildman–Crippen LogP) is 0.788. The fourth-order valence-corrected chi connectivity index (χ4v) is 7.66. The zero-order chi connectivity index (χ0) is 10.4. The second-order valence-corrected chi connectivity index (χ2v) is 6.95. The van der Waals surface area contributed by atoms with E-state index in [1.54, 1.807) is 0 Å². The number of nitrogens with zero attached hydrogens (tertiary/aromatic N) is 1. The minimum Gasteiger partial charge on any atom is -0.364 e. The van der Waals surface area contributed by atoms with E-state index in [0.717, 1.165) is 35.5 Å². The Bertz CT molecular complexity index is 455. The SMILES string of the molecule is O=[N+]([O-])C[C@]12O[C@H]3[C@H]4[C@@H]5[C@@H]6C[C@H]([C@@H]5[C@H]41)[C@@H]2[C@@H]63. The molecule has 7 rings (SSSR count). The highest BCUT2D eigenvalue weighted by molar-refractivity contribution is 5.39. The maximum absolute atomic E-state index is 10.9. The van der Waals surface area contributed by atoms with Gasteiger partial charge in [0.15, 0.2) is 0 Å². The van der Waals surface area contributed by atoms with E-state index < -0.39 is 0 Å². The number of hydrogen-bond donors (Lipinski definition) is 0. The second-order valence-electron chi connectivity index (χ2n) is 6.95. The molecule has 7 fully saturated rings. The molecule has 7 aliphatic rings. The third-order valence-electron chi connectivity index (χ3n) is 7.24. The molecule has 84 valence electrons. The van der Waals surface area contributed by atoms with Gasteiger partial charge in [-0.15, -0.1) is 0 Å². The zero-order valence-electron chi connectivity index (χ0n) is 8.78. The van der Waals surface area contributed by atoms with Crippen molar-refractivity contribution < 1.29 is 9.66 Å². The summed E-state index contributed by atoms with van der Waals surface area (Å²) in [6.45, 7) is 0.0955. The molecule has 0 radical (unpaired) electrons. The van der Waals surface area contributed by atoms with Crippen molar-refractivity contribution in [2.75, 3.05) is 6.54 Å². The molecule has 0 N–H and O–H groups in total. The van der Waals surface area contributed by atoms with Crippen LogP contribution in [0.5, 0.6) is 0 Å². The molecule has 5 aliphatic carbocycles. The highest BCUT2D eigenvalue weighted by Gasteiger charge is 2.93. The van der Waals surface area contributed by atoms with Gasteiger partial charge in [0.25, 0.3) is 0 Å². The van der Waals surface area contributed by atoms with E-state index in [1.807, 2.05) is 0 Å². The molecule has 5 saturated carbocycles. The van der Waals surface area contributed by atoms with Crippen LogP contribution in [0.4, 0.5) is 0 Å². The summed E-state index contributed by atoms with van der Waals surface area (Å²) in [6.07, 6.45) is 1.82. The molecule has 0 amide bonds. The van der Waals surface area contributed by atoms with Crippen molar-refractivity contribution >= 4 is 0 Å². The molecule has 4 nitrogen and oxygen atoms in total. The van der Waals surface area contributed by atoms with Crippen LogP contribution in [-0.4, -0.2) is 23.2 Å². The first-order valence-electron chi connectivity index (χ1n) is 6.54. The molecule has 4 bridgehead atoms. The summed E-state index contributed by atoms with van der Waals surface area (Å²) in [5.41, 5.74) is -0.291. The largest absolute Gasteiger partial charge is 0.364 e. The Balaban J connectivity index is 1.62. The summed E-state index contributed by atoms with van der Waals surface area (Å²) in [6, 6.07) is 0. The van der Waals surface area contributed by atoms with Crippen molar-refractivity contribution in [3.05, 3.63) is 10.1 Å². The van der Waals surface area contributed by atoms with Gasteiger partial charge in [-0.05, 0) is 41.9 Å². The predicted molar refractivity (Wildman–Crippen MR) is 52.0 cm³/mol. The lowest BCUT2D eigenvalue weighted by Crippen LogP contribution is -2.51. The molecule has 0 unspecified atom stereocenters. The van der Waals surface area contributed by atoms with Crippen LogP contribution >= 0.6 is 0 Å². The molecule has 2 heterocycles. The van der Waals surface area contributed by atoms with Crippen LogP contribution in [0.25, 0.3) is 0 Å². The Kier molecular flexibility index (Phi) is 0.832. The summed E-state index contributed by atoms with van der Waals surface area (Å²) < 4.78 is 6.22. The van der Waals surface area contributed by atoms with Crippen molar-refractivity contribution in [1.82, 2.24) is 0 Å². The minimum absolute atomic E-state index is 0.0955. The Hall–Kier alpha value is -0.640. The molecule has 2 saturated heterocycles. The molecule has 0 aromatic carbocycles. The van der Waals surface area contributed by atoms with E-state index in [0.29, 0.717) is 17.9 Å². The van der Waals surface area contributed by atoms with E-state index in [9.17, 15) is 10.1 Å². The van der Waals surface area contributed by atoms with Gasteiger partial charge in [0.2, 0.25) is 6.54 Å². The number of nitro groups is 1. The zero-order valence-corrected chi connectivity index (χ0v) is 8.78. The first kappa shape index (κ1) is 7.64. The third-order valence-corrected chi connectivity index (χ3v) is 7.24. The van der Waals surface area contributed by atoms with Crippen LogP contribution in [0.3, 0.4) is 0 Å². The Morgan fingerprint density at radius 1 is 1.19 bits per heavy atom. The monoisotopic (exact) mass is 219 g/mol. The van der Waals surface area contributed by atoms with E-state index >= 15 is 0 Å². The topological polar surface area (TPSA) is 52.4 Å². The second kappa shape index (κ2) is 1.74. The van der Waals surface area contributed by atoms with Crippen LogP contribution in [0.1, 0.15) is 6.42 Å². The van der Waals surface area contributed by atoms with E-state index in [2.05, 4.69) is 0 Å². The maximum Gasteiger partial charge on any atom is 0.233 e. The molecule has 16 heavy (non-hydrogen) atoms. The standard InChI is InChI=1S/C12H13NO3/c14-13(15)2-12-9-4-1-3-5-6(4)10(12)8(5)11(16-12)7(3)9/h3-11H,1-2H2/t3-,4+,5+,6-,7+,8-,9+,10+,11+,12+/m0/s1. The molecule has 0 aromatic rings. The summed E-state index contributed by atoms with van der Waals surface area (Å²) >= 11 is 0. The van der Waals surface area contributed by atoms with Crippen molar-refractivity contribution in [3.63, 3.8) is 0 Å². The third kappa shape index (κ3) is 0.424. The molecule has 2 aliphatic heterocycles. The molecular weight excluding hydrogens is 206 g/mol. The van der Waals surface area contributed by atoms with Crippen LogP contribution in [0.15, 0.2) is 0 Å². The van der Waals surface area contributed by atoms with Gasteiger partial charge in [-0.25, -0.2) is 0 Å². The molecular formula is C12H13NO3. The molecule has 0 spiro atoms. The summed E-state index contributed by atoms with van der Waals surface area (Å²) in [5.74, 6) is 6.13. The number of ether oxygens (including phenoxy) is 1. The van der Waals surface area contributed by atoms with Gasteiger partial charge < -0.3 is 4.74 Å². The van der Waals surface area contributed by atoms with E-state index in [1.165, 1.54) is 6.42 Å². The Morgan fingerprint density at radius 3 is 2.88 bits per heavy atom. The van der Waals surface area contributed by atoms with Gasteiger partial charge in [0.1, 0.15) is 5.60 Å². The Morgan fingerprint density at radius 2 is 2.06 bits per heavy atom. The van der Waals surface area contributed by atoms with E-state index in [-0.39, 0.29) is 17.1 Å². The lowest BCUT2D eigenvalue weighted by atomic mass is 9.57. The van der Waals surface area contributed by atoms with Crippen LogP contribution in [-0.2, 0) is 4.74 Å². The van der Waals surface area contributed by atoms with Crippen molar-refractivity contribution in [2.24, 2.45) is 47.3 Å². The van der Waals surface area contributed by atoms with Crippen LogP contribution < -0.4 is 0 Å². The smallest absolute Gasteiger partial charge is 0.233 e. The van der Waals surface area contributed by atoms with Crippen molar-refractivity contribution in [3.8, 4) is 0 Å². The molecule has 10 atom stereocenters. The first-order chi connectivity index (χ1) is 7.74. The normalized spacial score (nSPS) is 77.9. The highest BCUT2D eigenvalue weighted by atomic mass is 16.6. The summed E-state index contributed by atoms with van der Waals surface area (Å²) in [4.78, 5) is 10.8. The summed E-state index contributed by atoms with van der Waals surface area (Å²) in [5, 5.41) is 10.9. The van der Waals surface area contributed by atoms with Gasteiger partial charge in [0.05, 0.1) is 6.10 Å². The minimum atomic E-state index is -0.291. The number of hydrogen-bond acceptors (Lipinski definition) is 3. The number of rotatable bonds is 2. The molecule has 0 aromatic heterocycles. The average molecular weight is 219 g/mol. The first-order valence-corrected chi connectivity index (χ1v) is 6.54. The van der Waals surface area contributed by atoms with Crippen molar-refractivity contribution in [1.29, 1.82) is 0 Å². The van der Waals surface area contributed by atoms with Crippen molar-refractivity contribution in [2.45, 2.75) is 18.1 Å². The van der Waals surface area contributed by atoms with Gasteiger partial charge in [-0.3, -0.25) is 10.1 Å².